The molecule has 0 bridgehead atoms. The summed E-state index contributed by atoms with van der Waals surface area (Å²) >= 11 is 0. The van der Waals surface area contributed by atoms with Crippen molar-refractivity contribution in [1.29, 1.82) is 0 Å². The highest BCUT2D eigenvalue weighted by Crippen LogP contribution is 2.25. The first-order chi connectivity index (χ1) is 11.7. The number of carbonyl (C=O) groups excluding carboxylic acids is 1. The van der Waals surface area contributed by atoms with Crippen LogP contribution < -0.4 is 10.6 Å². The van der Waals surface area contributed by atoms with Crippen LogP contribution in [0.3, 0.4) is 0 Å². The summed E-state index contributed by atoms with van der Waals surface area (Å²) in [5.41, 5.74) is 0. The van der Waals surface area contributed by atoms with Gasteiger partial charge in [0.15, 0.2) is 0 Å². The molecule has 1 atom stereocenters. The summed E-state index contributed by atoms with van der Waals surface area (Å²) in [5, 5.41) is 9.13. The number of piperidine rings is 1. The second-order valence-corrected chi connectivity index (χ2v) is 8.47. The number of nitrogens with zero attached hydrogens (tertiary/aromatic N) is 3. The SMILES string of the molecule is Cn1cc(S(=O)(=O)N2CCC(NC(=O)C3CC(F)(F)CN3)CC2)cn1. The second-order valence-electron chi connectivity index (χ2n) is 6.53. The van der Waals surface area contributed by atoms with E-state index in [-0.39, 0.29) is 24.0 Å². The number of aryl methyl sites for hydroxylation is 1. The molecule has 0 aliphatic carbocycles. The lowest BCUT2D eigenvalue weighted by molar-refractivity contribution is -0.124. The summed E-state index contributed by atoms with van der Waals surface area (Å²) in [5.74, 6) is -3.31. The van der Waals surface area contributed by atoms with Crippen molar-refractivity contribution >= 4 is 15.9 Å². The van der Waals surface area contributed by atoms with E-state index in [0.29, 0.717) is 12.8 Å². The molecule has 1 unspecified atom stereocenters. The van der Waals surface area contributed by atoms with E-state index in [1.807, 2.05) is 0 Å². The lowest BCUT2D eigenvalue weighted by Gasteiger charge is -2.31. The van der Waals surface area contributed by atoms with Gasteiger partial charge < -0.3 is 5.32 Å². The predicted molar refractivity (Wildman–Crippen MR) is 84.5 cm³/mol. The van der Waals surface area contributed by atoms with Crippen LogP contribution in [0, 0.1) is 0 Å². The van der Waals surface area contributed by atoms with E-state index < -0.39 is 40.9 Å². The number of sulfonamides is 1. The maximum Gasteiger partial charge on any atom is 0.262 e. The Hall–Kier alpha value is -1.59. The number of amides is 1. The minimum absolute atomic E-state index is 0.134. The molecule has 0 radical (unpaired) electrons. The fourth-order valence-corrected chi connectivity index (χ4v) is 4.58. The molecular formula is C14H21F2N5O3S. The van der Waals surface area contributed by atoms with Gasteiger partial charge in [0.05, 0.1) is 18.8 Å². The van der Waals surface area contributed by atoms with Gasteiger partial charge in [-0.05, 0) is 12.8 Å². The van der Waals surface area contributed by atoms with E-state index in [9.17, 15) is 22.0 Å². The number of aromatic nitrogens is 2. The molecule has 0 aromatic carbocycles. The van der Waals surface area contributed by atoms with Crippen LogP contribution in [-0.2, 0) is 21.9 Å². The van der Waals surface area contributed by atoms with E-state index >= 15 is 0 Å². The van der Waals surface area contributed by atoms with Crippen molar-refractivity contribution in [2.45, 2.75) is 42.2 Å². The highest BCUT2D eigenvalue weighted by Gasteiger charge is 2.42. The normalized spacial score (nSPS) is 25.2. The van der Waals surface area contributed by atoms with Crippen LogP contribution in [0.1, 0.15) is 19.3 Å². The van der Waals surface area contributed by atoms with Gasteiger partial charge in [0, 0.05) is 38.8 Å². The Kier molecular flexibility index (Phi) is 4.82. The van der Waals surface area contributed by atoms with Crippen molar-refractivity contribution in [3.05, 3.63) is 12.4 Å². The van der Waals surface area contributed by atoms with Crippen LogP contribution >= 0.6 is 0 Å². The highest BCUT2D eigenvalue weighted by molar-refractivity contribution is 7.89. The maximum absolute atomic E-state index is 13.2. The summed E-state index contributed by atoms with van der Waals surface area (Å²) < 4.78 is 54.1. The summed E-state index contributed by atoms with van der Waals surface area (Å²) in [6.45, 7) is 0.0275. The number of hydrogen-bond donors (Lipinski definition) is 2. The quantitative estimate of drug-likeness (QED) is 0.750. The van der Waals surface area contributed by atoms with Gasteiger partial charge in [-0.1, -0.05) is 0 Å². The summed E-state index contributed by atoms with van der Waals surface area (Å²) in [7, 11) is -1.96. The van der Waals surface area contributed by atoms with Crippen LogP contribution in [0.5, 0.6) is 0 Å². The first kappa shape index (κ1) is 18.2. The Morgan fingerprint density at radius 3 is 2.60 bits per heavy atom. The van der Waals surface area contributed by atoms with Crippen molar-refractivity contribution in [3.8, 4) is 0 Å². The molecule has 2 aliphatic heterocycles. The van der Waals surface area contributed by atoms with Gasteiger partial charge in [0.1, 0.15) is 4.90 Å². The smallest absolute Gasteiger partial charge is 0.262 e. The predicted octanol–water partition coefficient (Wildman–Crippen LogP) is -0.313. The van der Waals surface area contributed by atoms with E-state index in [1.54, 1.807) is 7.05 Å². The zero-order chi connectivity index (χ0) is 18.2. The van der Waals surface area contributed by atoms with Gasteiger partial charge in [-0.25, -0.2) is 17.2 Å². The standard InChI is InChI=1S/C14H21F2N5O3S/c1-20-8-11(7-18-20)25(23,24)21-4-2-10(3-5-21)19-13(22)12-6-14(15,16)9-17-12/h7-8,10,12,17H,2-6,9H2,1H3,(H,19,22). The molecule has 2 saturated heterocycles. The zero-order valence-electron chi connectivity index (χ0n) is 13.8. The molecule has 2 N–H and O–H groups in total. The van der Waals surface area contributed by atoms with Crippen molar-refractivity contribution in [2.75, 3.05) is 19.6 Å². The van der Waals surface area contributed by atoms with Gasteiger partial charge in [0.2, 0.25) is 15.9 Å². The fourth-order valence-electron chi connectivity index (χ4n) is 3.12. The van der Waals surface area contributed by atoms with Crippen LogP contribution in [0.2, 0.25) is 0 Å². The largest absolute Gasteiger partial charge is 0.352 e. The second kappa shape index (κ2) is 6.61. The van der Waals surface area contributed by atoms with E-state index in [0.717, 1.165) is 0 Å². The molecule has 0 spiro atoms. The van der Waals surface area contributed by atoms with Crippen LogP contribution in [0.15, 0.2) is 17.3 Å². The van der Waals surface area contributed by atoms with Crippen molar-refractivity contribution in [1.82, 2.24) is 24.7 Å². The van der Waals surface area contributed by atoms with E-state index in [1.165, 1.54) is 21.4 Å². The summed E-state index contributed by atoms with van der Waals surface area (Å²) in [6.07, 6.45) is 3.11. The molecule has 1 aromatic heterocycles. The van der Waals surface area contributed by atoms with Crippen LogP contribution in [0.4, 0.5) is 8.78 Å². The average Bonchev–Trinajstić information content (AvgIpc) is 3.14. The molecule has 0 saturated carbocycles. The van der Waals surface area contributed by atoms with E-state index in [2.05, 4.69) is 15.7 Å². The molecule has 2 fully saturated rings. The molecule has 25 heavy (non-hydrogen) atoms. The highest BCUT2D eigenvalue weighted by atomic mass is 32.2. The van der Waals surface area contributed by atoms with Gasteiger partial charge in [0.25, 0.3) is 5.92 Å². The van der Waals surface area contributed by atoms with Crippen molar-refractivity contribution < 1.29 is 22.0 Å². The Labute approximate surface area is 144 Å². The van der Waals surface area contributed by atoms with E-state index in [4.69, 9.17) is 0 Å². The van der Waals surface area contributed by atoms with Crippen molar-refractivity contribution in [2.24, 2.45) is 7.05 Å². The van der Waals surface area contributed by atoms with Gasteiger partial charge in [-0.3, -0.25) is 14.8 Å². The number of carbonyl (C=O) groups is 1. The Morgan fingerprint density at radius 2 is 2.08 bits per heavy atom. The number of hydrogen-bond acceptors (Lipinski definition) is 5. The third kappa shape index (κ3) is 3.98. The Balaban J connectivity index is 1.53. The number of halogens is 2. The molecule has 2 aliphatic rings. The third-order valence-electron chi connectivity index (χ3n) is 4.55. The monoisotopic (exact) mass is 377 g/mol. The average molecular weight is 377 g/mol. The van der Waals surface area contributed by atoms with Crippen LogP contribution in [-0.4, -0.2) is 66.1 Å². The van der Waals surface area contributed by atoms with Gasteiger partial charge >= 0.3 is 0 Å². The molecule has 3 heterocycles. The molecule has 8 nitrogen and oxygen atoms in total. The fraction of sp³-hybridized carbons (Fsp3) is 0.714. The lowest BCUT2D eigenvalue weighted by Crippen LogP contribution is -2.50. The third-order valence-corrected chi connectivity index (χ3v) is 6.40. The minimum Gasteiger partial charge on any atom is -0.352 e. The number of rotatable bonds is 4. The molecular weight excluding hydrogens is 356 g/mol. The topological polar surface area (TPSA) is 96.3 Å². The molecule has 1 amide bonds. The first-order valence-corrected chi connectivity index (χ1v) is 9.52. The zero-order valence-corrected chi connectivity index (χ0v) is 14.6. The molecule has 140 valence electrons. The maximum atomic E-state index is 13.2. The Morgan fingerprint density at radius 1 is 1.40 bits per heavy atom. The minimum atomic E-state index is -3.60. The molecule has 11 heteroatoms. The Bertz CT molecular complexity index is 743. The summed E-state index contributed by atoms with van der Waals surface area (Å²) in [6, 6.07) is -1.11. The van der Waals surface area contributed by atoms with Gasteiger partial charge in [-0.15, -0.1) is 0 Å². The lowest BCUT2D eigenvalue weighted by atomic mass is 10.1. The first-order valence-electron chi connectivity index (χ1n) is 8.08. The van der Waals surface area contributed by atoms with Gasteiger partial charge in [-0.2, -0.15) is 9.40 Å². The molecule has 1 aromatic rings. The number of nitrogens with one attached hydrogen (secondary N) is 2. The molecule has 3 rings (SSSR count). The van der Waals surface area contributed by atoms with Crippen LogP contribution in [0.25, 0.3) is 0 Å². The number of alkyl halides is 2. The van der Waals surface area contributed by atoms with Crippen molar-refractivity contribution in [3.63, 3.8) is 0 Å². The summed E-state index contributed by atoms with van der Waals surface area (Å²) in [4.78, 5) is 12.2.